The molecule has 0 unspecified atom stereocenters. The lowest BCUT2D eigenvalue weighted by Crippen LogP contribution is -2.37. The van der Waals surface area contributed by atoms with E-state index in [1.165, 1.54) is 32.1 Å². The summed E-state index contributed by atoms with van der Waals surface area (Å²) in [6.07, 6.45) is 9.48. The van der Waals surface area contributed by atoms with E-state index in [-0.39, 0.29) is 0 Å². The highest BCUT2D eigenvalue weighted by atomic mass is 14.6. The zero-order valence-corrected chi connectivity index (χ0v) is 10.6. The lowest BCUT2D eigenvalue weighted by Gasteiger charge is -2.45. The van der Waals surface area contributed by atoms with Gasteiger partial charge in [0.2, 0.25) is 0 Å². The van der Waals surface area contributed by atoms with Crippen LogP contribution in [0, 0.1) is 29.1 Å². The molecule has 15 heavy (non-hydrogen) atoms. The topological polar surface area (TPSA) is 0 Å². The quantitative estimate of drug-likeness (QED) is 0.576. The van der Waals surface area contributed by atoms with Gasteiger partial charge in [0.05, 0.1) is 0 Å². The van der Waals surface area contributed by atoms with Crippen molar-refractivity contribution in [2.75, 3.05) is 0 Å². The van der Waals surface area contributed by atoms with Crippen molar-refractivity contribution < 1.29 is 0 Å². The van der Waals surface area contributed by atoms with Crippen molar-refractivity contribution in [2.24, 2.45) is 29.1 Å². The fourth-order valence-corrected chi connectivity index (χ4v) is 4.63. The second-order valence-corrected chi connectivity index (χ2v) is 6.26. The predicted molar refractivity (Wildman–Crippen MR) is 66.7 cm³/mol. The Kier molecular flexibility index (Phi) is 2.96. The van der Waals surface area contributed by atoms with E-state index >= 15 is 0 Å². The van der Waals surface area contributed by atoms with Crippen molar-refractivity contribution in [3.8, 4) is 0 Å². The van der Waals surface area contributed by atoms with E-state index in [1.54, 1.807) is 0 Å². The lowest BCUT2D eigenvalue weighted by atomic mass is 9.60. The molecule has 5 atom stereocenters. The summed E-state index contributed by atoms with van der Waals surface area (Å²) in [5, 5.41) is 0. The van der Waals surface area contributed by atoms with Crippen LogP contribution in [0.4, 0.5) is 0 Å². The molecular formula is C15H26. The third kappa shape index (κ3) is 1.66. The number of hydrogen-bond donors (Lipinski definition) is 0. The molecule has 2 aliphatic rings. The third-order valence-corrected chi connectivity index (χ3v) is 5.55. The van der Waals surface area contributed by atoms with E-state index in [2.05, 4.69) is 33.4 Å². The number of allylic oxidation sites excluding steroid dienone is 1. The molecule has 0 heteroatoms. The maximum atomic E-state index is 3.99. The van der Waals surface area contributed by atoms with Crippen LogP contribution in [0.2, 0.25) is 0 Å². The Labute approximate surface area is 95.1 Å². The fraction of sp³-hybridized carbons (Fsp3) is 0.867. The highest BCUT2D eigenvalue weighted by Gasteiger charge is 2.50. The molecule has 2 aliphatic carbocycles. The molecule has 0 aromatic heterocycles. The van der Waals surface area contributed by atoms with Gasteiger partial charge >= 0.3 is 0 Å². The third-order valence-electron chi connectivity index (χ3n) is 5.55. The molecule has 0 aromatic rings. The summed E-state index contributed by atoms with van der Waals surface area (Å²) in [4.78, 5) is 0. The van der Waals surface area contributed by atoms with Crippen LogP contribution in [0.3, 0.4) is 0 Å². The van der Waals surface area contributed by atoms with Crippen LogP contribution in [0.5, 0.6) is 0 Å². The fourth-order valence-electron chi connectivity index (χ4n) is 4.63. The van der Waals surface area contributed by atoms with Crippen LogP contribution < -0.4 is 0 Å². The summed E-state index contributed by atoms with van der Waals surface area (Å²) in [6.45, 7) is 11.4. The van der Waals surface area contributed by atoms with Gasteiger partial charge in [-0.05, 0) is 48.3 Å². The summed E-state index contributed by atoms with van der Waals surface area (Å²) in [5.74, 6) is 3.58. The van der Waals surface area contributed by atoms with Crippen molar-refractivity contribution in [1.82, 2.24) is 0 Å². The standard InChI is InChI=1S/C15H26/c1-5-11(2)13-8-9-14-12(3)7-6-10-15(13,14)4/h5,11-14H,1,6-10H2,2-4H3/t11-,12-,13+,14-,15+/m0/s1. The average Bonchev–Trinajstić information content (AvgIpc) is 2.56. The molecule has 0 radical (unpaired) electrons. The van der Waals surface area contributed by atoms with Crippen LogP contribution in [0.15, 0.2) is 12.7 Å². The van der Waals surface area contributed by atoms with Crippen LogP contribution in [0.25, 0.3) is 0 Å². The van der Waals surface area contributed by atoms with Gasteiger partial charge in [0.1, 0.15) is 0 Å². The Morgan fingerprint density at radius 3 is 2.73 bits per heavy atom. The van der Waals surface area contributed by atoms with Crippen LogP contribution in [0.1, 0.15) is 52.9 Å². The van der Waals surface area contributed by atoms with E-state index in [0.717, 1.165) is 17.8 Å². The lowest BCUT2D eigenvalue weighted by molar-refractivity contribution is 0.0454. The molecule has 0 N–H and O–H groups in total. The largest absolute Gasteiger partial charge is 0.103 e. The molecule has 0 nitrogen and oxygen atoms in total. The van der Waals surface area contributed by atoms with Gasteiger partial charge in [-0.3, -0.25) is 0 Å². The van der Waals surface area contributed by atoms with Gasteiger partial charge in [-0.15, -0.1) is 6.58 Å². The maximum absolute atomic E-state index is 3.99. The minimum absolute atomic E-state index is 0.630. The highest BCUT2D eigenvalue weighted by Crippen LogP contribution is 2.59. The second kappa shape index (κ2) is 3.96. The first-order valence-corrected chi connectivity index (χ1v) is 6.72. The smallest absolute Gasteiger partial charge is 0.0231 e. The van der Waals surface area contributed by atoms with Crippen LogP contribution >= 0.6 is 0 Å². The SMILES string of the molecule is C=C[C@H](C)[C@H]1CC[C@H]2[C@@H](C)CCC[C@]12C. The molecule has 0 heterocycles. The van der Waals surface area contributed by atoms with Crippen LogP contribution in [-0.2, 0) is 0 Å². The molecule has 0 saturated heterocycles. The molecular weight excluding hydrogens is 180 g/mol. The van der Waals surface area contributed by atoms with Gasteiger partial charge in [-0.25, -0.2) is 0 Å². The van der Waals surface area contributed by atoms with Crippen molar-refractivity contribution >= 4 is 0 Å². The Hall–Kier alpha value is -0.260. The zero-order valence-electron chi connectivity index (χ0n) is 10.6. The summed E-state index contributed by atoms with van der Waals surface area (Å²) in [5.41, 5.74) is 0.630. The molecule has 2 rings (SSSR count). The second-order valence-electron chi connectivity index (χ2n) is 6.26. The van der Waals surface area contributed by atoms with Gasteiger partial charge < -0.3 is 0 Å². The van der Waals surface area contributed by atoms with E-state index < -0.39 is 0 Å². The zero-order chi connectivity index (χ0) is 11.1. The van der Waals surface area contributed by atoms with E-state index in [1.807, 2.05) is 0 Å². The number of hydrogen-bond acceptors (Lipinski definition) is 0. The Morgan fingerprint density at radius 1 is 1.33 bits per heavy atom. The first-order valence-electron chi connectivity index (χ1n) is 6.72. The van der Waals surface area contributed by atoms with Crippen molar-refractivity contribution in [3.05, 3.63) is 12.7 Å². The van der Waals surface area contributed by atoms with Crippen molar-refractivity contribution in [3.63, 3.8) is 0 Å². The summed E-state index contributed by atoms with van der Waals surface area (Å²) in [7, 11) is 0. The van der Waals surface area contributed by atoms with Gasteiger partial charge in [0.25, 0.3) is 0 Å². The summed E-state index contributed by atoms with van der Waals surface area (Å²) in [6, 6.07) is 0. The molecule has 2 fully saturated rings. The van der Waals surface area contributed by atoms with Crippen molar-refractivity contribution in [1.29, 1.82) is 0 Å². The van der Waals surface area contributed by atoms with Gasteiger partial charge in [-0.2, -0.15) is 0 Å². The van der Waals surface area contributed by atoms with E-state index in [4.69, 9.17) is 0 Å². The average molecular weight is 206 g/mol. The normalized spacial score (nSPS) is 47.3. The summed E-state index contributed by atoms with van der Waals surface area (Å²) >= 11 is 0. The first kappa shape index (κ1) is 11.2. The monoisotopic (exact) mass is 206 g/mol. The van der Waals surface area contributed by atoms with Gasteiger partial charge in [0, 0.05) is 0 Å². The molecule has 0 aromatic carbocycles. The van der Waals surface area contributed by atoms with E-state index in [0.29, 0.717) is 11.3 Å². The van der Waals surface area contributed by atoms with Crippen LogP contribution in [-0.4, -0.2) is 0 Å². The molecule has 0 bridgehead atoms. The minimum atomic E-state index is 0.630. The number of fused-ring (bicyclic) bond motifs is 1. The predicted octanol–water partition coefficient (Wildman–Crippen LogP) is 4.66. The number of rotatable bonds is 2. The molecule has 2 saturated carbocycles. The summed E-state index contributed by atoms with van der Waals surface area (Å²) < 4.78 is 0. The molecule has 86 valence electrons. The Balaban J connectivity index is 2.20. The molecule has 0 amide bonds. The minimum Gasteiger partial charge on any atom is -0.103 e. The highest BCUT2D eigenvalue weighted by molar-refractivity contribution is 5.02. The van der Waals surface area contributed by atoms with Crippen molar-refractivity contribution in [2.45, 2.75) is 52.9 Å². The first-order chi connectivity index (χ1) is 7.09. The molecule has 0 spiro atoms. The maximum Gasteiger partial charge on any atom is -0.0231 e. The van der Waals surface area contributed by atoms with E-state index in [9.17, 15) is 0 Å². The Bertz CT molecular complexity index is 242. The molecule has 0 aliphatic heterocycles. The Morgan fingerprint density at radius 2 is 2.07 bits per heavy atom. The van der Waals surface area contributed by atoms with Gasteiger partial charge in [0.15, 0.2) is 0 Å². The van der Waals surface area contributed by atoms with Gasteiger partial charge in [-0.1, -0.05) is 39.7 Å².